The van der Waals surface area contributed by atoms with Gasteiger partial charge in [-0.05, 0) is 121 Å². The first kappa shape index (κ1) is 29.2. The molecule has 4 aliphatic heterocycles. The Morgan fingerprint density at radius 1 is 0.298 bits per heavy atom. The van der Waals surface area contributed by atoms with Crippen LogP contribution in [0.3, 0.4) is 0 Å². The van der Waals surface area contributed by atoms with Gasteiger partial charge in [-0.25, -0.2) is 0 Å². The molecule has 0 saturated heterocycles. The first-order chi connectivity index (χ1) is 28.3. The minimum Gasteiger partial charge on any atom is -0.312 e. The fraction of sp³-hybridized carbons (Fsp3) is 0. The van der Waals surface area contributed by atoms with Crippen molar-refractivity contribution in [3.05, 3.63) is 176 Å². The highest BCUT2D eigenvalue weighted by Gasteiger charge is 2.50. The minimum atomic E-state index is 0.148. The van der Waals surface area contributed by atoms with E-state index in [0.29, 0.717) is 0 Å². The molecular weight excluding hydrogens is 684 g/mol. The Bertz CT molecular complexity index is 3490. The predicted molar refractivity (Wildman–Crippen MR) is 246 cm³/mol. The average Bonchev–Trinajstić information content (AvgIpc) is 3.81. The smallest absolute Gasteiger partial charge is 0.248 e. The molecule has 0 atom stereocenters. The maximum absolute atomic E-state index is 2.72. The van der Waals surface area contributed by atoms with E-state index >= 15 is 0 Å². The summed E-state index contributed by atoms with van der Waals surface area (Å²) in [5.74, 6) is 0. The Labute approximate surface area is 329 Å². The lowest BCUT2D eigenvalue weighted by Gasteiger charge is -2.43. The van der Waals surface area contributed by atoms with Crippen LogP contribution in [0.4, 0.5) is 17.1 Å². The van der Waals surface area contributed by atoms with Crippen LogP contribution in [0.15, 0.2) is 176 Å². The van der Waals surface area contributed by atoms with Gasteiger partial charge in [0.15, 0.2) is 0 Å². The molecule has 0 N–H and O–H groups in total. The number of hydrogen-bond acceptors (Lipinski definition) is 1. The van der Waals surface area contributed by atoms with Gasteiger partial charge in [-0.2, -0.15) is 0 Å². The number of benzene rings is 11. The first-order valence-electron chi connectivity index (χ1n) is 20.3. The SMILES string of the molecule is c1ccc2c(c1)B1c3cccc4c3N(c3cc5c6ccccc6c6ccccc6c5c-2c31)c1cc2c3ccccc3c3ccccc3c2c2c1B4c1ccccc1-2. The summed E-state index contributed by atoms with van der Waals surface area (Å²) in [7, 11) is 0. The number of anilines is 3. The Morgan fingerprint density at radius 3 is 1.07 bits per heavy atom. The van der Waals surface area contributed by atoms with E-state index in [9.17, 15) is 0 Å². The number of fused-ring (bicyclic) bond motifs is 24. The lowest BCUT2D eigenvalue weighted by Crippen LogP contribution is -2.62. The molecule has 0 amide bonds. The van der Waals surface area contributed by atoms with Gasteiger partial charge in [-0.3, -0.25) is 0 Å². The third-order valence-electron chi connectivity index (χ3n) is 14.2. The van der Waals surface area contributed by atoms with E-state index in [1.165, 1.54) is 137 Å². The largest absolute Gasteiger partial charge is 0.312 e. The molecule has 0 spiro atoms. The standard InChI is InChI=1S/C54H29B2N/c1-3-18-34-30(14-1)32-16-5-7-20-36(32)48-40(34)28-46-52-50(48)38-22-9-11-24-42(38)55(52)44-26-13-27-45-54(44)57(46)47-29-41-35-19-4-2-15-31(35)33-17-6-8-21-37(33)49(41)51-39-23-10-12-25-43(39)56(45)53(47)51/h1-29H. The van der Waals surface area contributed by atoms with Crippen LogP contribution in [0.2, 0.25) is 0 Å². The van der Waals surface area contributed by atoms with Gasteiger partial charge in [0.25, 0.3) is 0 Å². The third kappa shape index (κ3) is 3.29. The average molecular weight is 713 g/mol. The van der Waals surface area contributed by atoms with E-state index in [-0.39, 0.29) is 13.4 Å². The lowest BCUT2D eigenvalue weighted by atomic mass is 9.32. The molecule has 15 rings (SSSR count). The van der Waals surface area contributed by atoms with Gasteiger partial charge in [0.05, 0.1) is 0 Å². The van der Waals surface area contributed by atoms with Crippen LogP contribution < -0.4 is 37.7 Å². The van der Waals surface area contributed by atoms with Crippen LogP contribution in [-0.2, 0) is 0 Å². The van der Waals surface area contributed by atoms with Crippen LogP contribution in [0.5, 0.6) is 0 Å². The Hall–Kier alpha value is -7.09. The fourth-order valence-electron chi connectivity index (χ4n) is 12.2. The molecule has 0 fully saturated rings. The normalized spacial score (nSPS) is 13.9. The number of hydrogen-bond donors (Lipinski definition) is 0. The Morgan fingerprint density at radius 2 is 0.632 bits per heavy atom. The van der Waals surface area contributed by atoms with Crippen molar-refractivity contribution < 1.29 is 0 Å². The molecule has 3 heteroatoms. The van der Waals surface area contributed by atoms with Crippen LogP contribution in [0, 0.1) is 0 Å². The second-order valence-corrected chi connectivity index (χ2v) is 16.6. The van der Waals surface area contributed by atoms with Crippen LogP contribution in [-0.4, -0.2) is 13.4 Å². The lowest BCUT2D eigenvalue weighted by molar-refractivity contribution is 1.32. The summed E-state index contributed by atoms with van der Waals surface area (Å²) in [4.78, 5) is 2.72. The van der Waals surface area contributed by atoms with Gasteiger partial charge in [0.1, 0.15) is 0 Å². The highest BCUT2D eigenvalue weighted by molar-refractivity contribution is 7.05. The summed E-state index contributed by atoms with van der Waals surface area (Å²) in [5, 5.41) is 16.0. The molecule has 1 nitrogen and oxygen atoms in total. The van der Waals surface area contributed by atoms with Gasteiger partial charge in [0.2, 0.25) is 13.4 Å². The summed E-state index contributed by atoms with van der Waals surface area (Å²) in [6, 6.07) is 67.3. The van der Waals surface area contributed by atoms with Crippen LogP contribution in [0.25, 0.3) is 86.9 Å². The highest BCUT2D eigenvalue weighted by Crippen LogP contribution is 2.51. The van der Waals surface area contributed by atoms with Crippen LogP contribution in [0.1, 0.15) is 0 Å². The minimum absolute atomic E-state index is 0.148. The maximum atomic E-state index is 2.72. The van der Waals surface area contributed by atoms with E-state index in [0.717, 1.165) is 0 Å². The summed E-state index contributed by atoms with van der Waals surface area (Å²) in [6.07, 6.45) is 0. The molecule has 0 bridgehead atoms. The monoisotopic (exact) mass is 713 g/mol. The van der Waals surface area contributed by atoms with Crippen molar-refractivity contribution in [2.45, 2.75) is 0 Å². The number of para-hydroxylation sites is 1. The molecule has 57 heavy (non-hydrogen) atoms. The van der Waals surface area contributed by atoms with E-state index in [1.807, 2.05) is 0 Å². The fourth-order valence-corrected chi connectivity index (χ4v) is 12.2. The van der Waals surface area contributed by atoms with Gasteiger partial charge in [-0.15, -0.1) is 0 Å². The van der Waals surface area contributed by atoms with Crippen LogP contribution >= 0.6 is 0 Å². The second kappa shape index (κ2) is 10.0. The van der Waals surface area contributed by atoms with Crippen molar-refractivity contribution in [1.29, 1.82) is 0 Å². The molecule has 0 aromatic heterocycles. The predicted octanol–water partition coefficient (Wildman–Crippen LogP) is 9.70. The zero-order valence-corrected chi connectivity index (χ0v) is 30.8. The van der Waals surface area contributed by atoms with Crippen molar-refractivity contribution >= 4 is 128 Å². The van der Waals surface area contributed by atoms with Gasteiger partial charge in [-0.1, -0.05) is 175 Å². The number of rotatable bonds is 0. The zero-order chi connectivity index (χ0) is 36.7. The van der Waals surface area contributed by atoms with E-state index in [2.05, 4.69) is 181 Å². The summed E-state index contributed by atoms with van der Waals surface area (Å²) >= 11 is 0. The quantitative estimate of drug-likeness (QED) is 0.112. The van der Waals surface area contributed by atoms with Crippen molar-refractivity contribution in [1.82, 2.24) is 0 Å². The van der Waals surface area contributed by atoms with E-state index in [1.54, 1.807) is 0 Å². The van der Waals surface area contributed by atoms with Crippen molar-refractivity contribution in [3.8, 4) is 22.3 Å². The molecule has 0 radical (unpaired) electrons. The molecule has 11 aromatic rings. The topological polar surface area (TPSA) is 3.24 Å². The van der Waals surface area contributed by atoms with E-state index < -0.39 is 0 Å². The van der Waals surface area contributed by atoms with Crippen molar-refractivity contribution in [2.24, 2.45) is 0 Å². The summed E-state index contributed by atoms with van der Waals surface area (Å²) in [6.45, 7) is 0.296. The molecule has 11 aromatic carbocycles. The first-order valence-corrected chi connectivity index (χ1v) is 20.3. The molecule has 4 aliphatic rings. The van der Waals surface area contributed by atoms with Crippen molar-refractivity contribution in [3.63, 3.8) is 0 Å². The Kier molecular flexibility index (Phi) is 5.13. The van der Waals surface area contributed by atoms with Gasteiger partial charge < -0.3 is 4.90 Å². The highest BCUT2D eigenvalue weighted by atomic mass is 15.2. The molecule has 0 aliphatic carbocycles. The molecule has 256 valence electrons. The summed E-state index contributed by atoms with van der Waals surface area (Å²) in [5.41, 5.74) is 18.1. The zero-order valence-electron chi connectivity index (χ0n) is 30.8. The molecule has 0 saturated carbocycles. The van der Waals surface area contributed by atoms with Gasteiger partial charge >= 0.3 is 0 Å². The second-order valence-electron chi connectivity index (χ2n) is 16.6. The molecule has 4 heterocycles. The van der Waals surface area contributed by atoms with Crippen molar-refractivity contribution in [2.75, 3.05) is 4.90 Å². The summed E-state index contributed by atoms with van der Waals surface area (Å²) < 4.78 is 0. The molecular formula is C54H29B2N. The van der Waals surface area contributed by atoms with E-state index in [4.69, 9.17) is 0 Å². The molecule has 0 unspecified atom stereocenters. The van der Waals surface area contributed by atoms with Gasteiger partial charge in [0, 0.05) is 17.1 Å². The number of nitrogens with zero attached hydrogens (tertiary/aromatic N) is 1. The maximum Gasteiger partial charge on any atom is 0.248 e. The Balaban J connectivity index is 1.19. The third-order valence-corrected chi connectivity index (χ3v) is 14.2.